The topological polar surface area (TPSA) is 59.0 Å². The van der Waals surface area contributed by atoms with Gasteiger partial charge in [0, 0.05) is 25.6 Å². The summed E-state index contributed by atoms with van der Waals surface area (Å²) < 4.78 is 105. The van der Waals surface area contributed by atoms with Crippen LogP contribution in [0.2, 0.25) is 0 Å². The van der Waals surface area contributed by atoms with Gasteiger partial charge in [-0.15, -0.1) is 0 Å². The Hall–Kier alpha value is -2.70. The number of morpholine rings is 1. The second kappa shape index (κ2) is 11.4. The number of carboxylic acid groups (broad SMARTS) is 1. The Kier molecular flexibility index (Phi) is 8.58. The van der Waals surface area contributed by atoms with Crippen molar-refractivity contribution in [3.8, 4) is 0 Å². The van der Waals surface area contributed by atoms with E-state index in [1.165, 1.54) is 19.1 Å². The van der Waals surface area contributed by atoms with Crippen LogP contribution in [0, 0.1) is 11.7 Å². The number of benzene rings is 2. The lowest BCUT2D eigenvalue weighted by molar-refractivity contribution is -0.156. The predicted octanol–water partition coefficient (Wildman–Crippen LogP) is 6.29. The maximum absolute atomic E-state index is 13.7. The quantitative estimate of drug-likeness (QED) is 0.402. The largest absolute Gasteiger partial charge is 0.479 e. The highest BCUT2D eigenvalue weighted by atomic mass is 19.4. The van der Waals surface area contributed by atoms with Crippen LogP contribution in [-0.2, 0) is 26.6 Å². The number of hydrogen-bond acceptors (Lipinski definition) is 4. The van der Waals surface area contributed by atoms with Gasteiger partial charge in [-0.25, -0.2) is 9.18 Å². The molecule has 2 aliphatic rings. The molecule has 1 aliphatic heterocycles. The van der Waals surface area contributed by atoms with Crippen LogP contribution in [-0.4, -0.2) is 54.4 Å². The average Bonchev–Trinajstić information content (AvgIpc) is 3.25. The summed E-state index contributed by atoms with van der Waals surface area (Å²) in [6.07, 6.45) is -11.5. The number of carboxylic acids is 1. The minimum atomic E-state index is -4.98. The van der Waals surface area contributed by atoms with Crippen molar-refractivity contribution in [1.29, 1.82) is 0 Å². The smallest absolute Gasteiger partial charge is 0.416 e. The van der Waals surface area contributed by atoms with E-state index in [-0.39, 0.29) is 36.6 Å². The second-order valence-electron chi connectivity index (χ2n) is 10.0. The van der Waals surface area contributed by atoms with Crippen LogP contribution < -0.4 is 0 Å². The van der Waals surface area contributed by atoms with Gasteiger partial charge in [0.1, 0.15) is 5.82 Å². The molecule has 4 rings (SSSR count). The van der Waals surface area contributed by atoms with Gasteiger partial charge in [-0.1, -0.05) is 12.1 Å². The zero-order valence-corrected chi connectivity index (χ0v) is 20.9. The molecular weight excluding hydrogens is 535 g/mol. The van der Waals surface area contributed by atoms with Crippen LogP contribution in [0.1, 0.15) is 54.0 Å². The lowest BCUT2D eigenvalue weighted by Crippen LogP contribution is -2.47. The van der Waals surface area contributed by atoms with E-state index >= 15 is 0 Å². The van der Waals surface area contributed by atoms with Gasteiger partial charge in [0.05, 0.1) is 29.9 Å². The molecule has 2 aromatic carbocycles. The molecule has 1 heterocycles. The number of alkyl halides is 6. The average molecular weight is 564 g/mol. The minimum absolute atomic E-state index is 0.0764. The summed E-state index contributed by atoms with van der Waals surface area (Å²) >= 11 is 0. The molecule has 5 nitrogen and oxygen atoms in total. The van der Waals surface area contributed by atoms with E-state index in [4.69, 9.17) is 9.47 Å². The minimum Gasteiger partial charge on any atom is -0.479 e. The van der Waals surface area contributed by atoms with Crippen molar-refractivity contribution in [2.45, 2.75) is 56.3 Å². The van der Waals surface area contributed by atoms with Crippen LogP contribution in [0.25, 0.3) is 0 Å². The van der Waals surface area contributed by atoms with E-state index in [0.717, 1.165) is 5.56 Å². The zero-order valence-electron chi connectivity index (χ0n) is 20.9. The fourth-order valence-corrected chi connectivity index (χ4v) is 5.47. The lowest BCUT2D eigenvalue weighted by atomic mass is 9.86. The van der Waals surface area contributed by atoms with Crippen molar-refractivity contribution in [3.05, 3.63) is 70.5 Å². The van der Waals surface area contributed by atoms with Gasteiger partial charge in [0.25, 0.3) is 0 Å². The summed E-state index contributed by atoms with van der Waals surface area (Å²) in [4.78, 5) is 13.3. The summed E-state index contributed by atoms with van der Waals surface area (Å²) in [7, 11) is 0. The molecule has 1 unspecified atom stereocenters. The van der Waals surface area contributed by atoms with Gasteiger partial charge in [-0.05, 0) is 67.1 Å². The molecule has 0 spiro atoms. The molecule has 12 heteroatoms. The first-order valence-electron chi connectivity index (χ1n) is 12.5. The molecular formula is C27H28F7NO4. The molecule has 0 bridgehead atoms. The Morgan fingerprint density at radius 1 is 1.05 bits per heavy atom. The first-order valence-corrected chi connectivity index (χ1v) is 12.5. The van der Waals surface area contributed by atoms with Crippen LogP contribution in [0.5, 0.6) is 0 Å². The van der Waals surface area contributed by atoms with Crippen molar-refractivity contribution in [3.63, 3.8) is 0 Å². The summed E-state index contributed by atoms with van der Waals surface area (Å²) in [5.41, 5.74) is -2.36. The Labute approximate surface area is 220 Å². The maximum atomic E-state index is 13.7. The van der Waals surface area contributed by atoms with Gasteiger partial charge in [-0.2, -0.15) is 26.3 Å². The first-order chi connectivity index (χ1) is 18.2. The van der Waals surface area contributed by atoms with E-state index < -0.39 is 53.6 Å². The Morgan fingerprint density at radius 3 is 2.23 bits per heavy atom. The summed E-state index contributed by atoms with van der Waals surface area (Å²) in [6, 6.07) is 7.15. The van der Waals surface area contributed by atoms with E-state index in [1.54, 1.807) is 12.1 Å². The molecule has 1 saturated carbocycles. The second-order valence-corrected chi connectivity index (χ2v) is 10.0. The number of halogens is 7. The predicted molar refractivity (Wildman–Crippen MR) is 125 cm³/mol. The Bertz CT molecular complexity index is 1120. The van der Waals surface area contributed by atoms with E-state index in [0.29, 0.717) is 38.1 Å². The number of carbonyl (C=O) groups is 1. The van der Waals surface area contributed by atoms with E-state index in [9.17, 15) is 40.6 Å². The van der Waals surface area contributed by atoms with Gasteiger partial charge in [-0.3, -0.25) is 4.90 Å². The lowest BCUT2D eigenvalue weighted by Gasteiger charge is -2.35. The maximum Gasteiger partial charge on any atom is 0.416 e. The fourth-order valence-electron chi connectivity index (χ4n) is 5.47. The van der Waals surface area contributed by atoms with Gasteiger partial charge in [0.15, 0.2) is 6.10 Å². The summed E-state index contributed by atoms with van der Waals surface area (Å²) in [6.45, 7) is 2.80. The third-order valence-electron chi connectivity index (χ3n) is 7.36. The molecule has 1 N–H and O–H groups in total. The first kappa shape index (κ1) is 29.3. The van der Waals surface area contributed by atoms with Crippen LogP contribution in [0.4, 0.5) is 30.7 Å². The molecule has 5 atom stereocenters. The SMILES string of the molecule is C[C@@H](O[C@H]1CC[C@@H](CN2CCOC(C(=O)O)C2)[C@@H]1c1ccc(F)cc1)c1cc(C(F)(F)F)cc(C(F)(F)F)c1. The van der Waals surface area contributed by atoms with Crippen molar-refractivity contribution in [2.24, 2.45) is 5.92 Å². The molecule has 0 aromatic heterocycles. The van der Waals surface area contributed by atoms with Crippen LogP contribution in [0.3, 0.4) is 0 Å². The number of rotatable bonds is 7. The number of aliphatic carboxylic acids is 1. The van der Waals surface area contributed by atoms with Crippen molar-refractivity contribution < 1.29 is 50.1 Å². The van der Waals surface area contributed by atoms with Crippen molar-refractivity contribution >= 4 is 5.97 Å². The zero-order chi connectivity index (χ0) is 28.5. The molecule has 39 heavy (non-hydrogen) atoms. The highest BCUT2D eigenvalue weighted by Gasteiger charge is 2.42. The van der Waals surface area contributed by atoms with Gasteiger partial charge >= 0.3 is 18.3 Å². The molecule has 2 fully saturated rings. The fraction of sp³-hybridized carbons (Fsp3) is 0.519. The van der Waals surface area contributed by atoms with Crippen LogP contribution in [0.15, 0.2) is 42.5 Å². The third-order valence-corrected chi connectivity index (χ3v) is 7.36. The normalized spacial score (nSPS) is 25.5. The number of ether oxygens (including phenoxy) is 2. The van der Waals surface area contributed by atoms with Crippen LogP contribution >= 0.6 is 0 Å². The van der Waals surface area contributed by atoms with Gasteiger partial charge in [0.2, 0.25) is 0 Å². The Morgan fingerprint density at radius 2 is 1.67 bits per heavy atom. The molecule has 0 amide bonds. The number of hydrogen-bond donors (Lipinski definition) is 1. The standard InChI is InChI=1S/C27H28F7NO4/c1-15(18-10-19(26(29,30)31)12-20(11-18)27(32,33)34)39-22-7-4-17(24(22)16-2-5-21(28)6-3-16)13-35-8-9-38-23(14-35)25(36)37/h2-3,5-6,10-12,15,17,22-24H,4,7-9,13-14H2,1H3,(H,36,37)/t15-,17+,22+,23?,24+/m1/s1. The van der Waals surface area contributed by atoms with E-state index in [1.807, 2.05) is 4.90 Å². The van der Waals surface area contributed by atoms with Gasteiger partial charge < -0.3 is 14.6 Å². The Balaban J connectivity index is 1.59. The summed E-state index contributed by atoms with van der Waals surface area (Å²) in [5, 5.41) is 9.31. The van der Waals surface area contributed by atoms with Crippen molar-refractivity contribution in [2.75, 3.05) is 26.2 Å². The highest BCUT2D eigenvalue weighted by molar-refractivity contribution is 5.72. The molecule has 2 aromatic rings. The molecule has 214 valence electrons. The third kappa shape index (κ3) is 7.09. The molecule has 1 aliphatic carbocycles. The molecule has 1 saturated heterocycles. The summed E-state index contributed by atoms with van der Waals surface area (Å²) in [5.74, 6) is -1.95. The number of nitrogens with zero attached hydrogens (tertiary/aromatic N) is 1. The van der Waals surface area contributed by atoms with E-state index in [2.05, 4.69) is 0 Å². The molecule has 0 radical (unpaired) electrons. The highest BCUT2D eigenvalue weighted by Crippen LogP contribution is 2.45. The van der Waals surface area contributed by atoms with Crippen molar-refractivity contribution in [1.82, 2.24) is 4.90 Å². The monoisotopic (exact) mass is 563 g/mol.